The zero-order chi connectivity index (χ0) is 19.6. The SMILES string of the molecule is O=C(O)CCC(=O)N=C1S[C@H]2CS(=O)(=O)C[C@H]2N1CCc1ccc(F)cc1. The van der Waals surface area contributed by atoms with E-state index >= 15 is 0 Å². The molecule has 1 aromatic rings. The van der Waals surface area contributed by atoms with E-state index in [0.717, 1.165) is 5.56 Å². The Hall–Kier alpha value is -1.94. The van der Waals surface area contributed by atoms with Crippen LogP contribution in [0.4, 0.5) is 4.39 Å². The number of carboxylic acid groups (broad SMARTS) is 1. The molecule has 2 fully saturated rings. The van der Waals surface area contributed by atoms with E-state index in [2.05, 4.69) is 4.99 Å². The maximum Gasteiger partial charge on any atom is 0.303 e. The van der Waals surface area contributed by atoms with Crippen LogP contribution in [0.1, 0.15) is 18.4 Å². The topological polar surface area (TPSA) is 104 Å². The lowest BCUT2D eigenvalue weighted by molar-refractivity contribution is -0.138. The summed E-state index contributed by atoms with van der Waals surface area (Å²) in [6.45, 7) is 0.445. The minimum atomic E-state index is -3.13. The van der Waals surface area contributed by atoms with Gasteiger partial charge in [-0.05, 0) is 24.1 Å². The van der Waals surface area contributed by atoms with Crippen molar-refractivity contribution in [3.05, 3.63) is 35.6 Å². The molecule has 3 rings (SSSR count). The fourth-order valence-corrected chi connectivity index (χ4v) is 7.17. The second-order valence-electron chi connectivity index (χ2n) is 6.55. The van der Waals surface area contributed by atoms with Gasteiger partial charge in [0.2, 0.25) is 5.91 Å². The normalized spacial score (nSPS) is 24.9. The van der Waals surface area contributed by atoms with Crippen LogP contribution < -0.4 is 0 Å². The van der Waals surface area contributed by atoms with Gasteiger partial charge in [-0.3, -0.25) is 9.59 Å². The summed E-state index contributed by atoms with van der Waals surface area (Å²) in [5.41, 5.74) is 0.891. The zero-order valence-electron chi connectivity index (χ0n) is 14.4. The third-order valence-electron chi connectivity index (χ3n) is 4.50. The van der Waals surface area contributed by atoms with Gasteiger partial charge in [-0.1, -0.05) is 23.9 Å². The monoisotopic (exact) mass is 414 g/mol. The number of thioether (sulfide) groups is 1. The Morgan fingerprint density at radius 2 is 1.93 bits per heavy atom. The average molecular weight is 414 g/mol. The van der Waals surface area contributed by atoms with E-state index in [1.54, 1.807) is 12.1 Å². The van der Waals surface area contributed by atoms with Crippen molar-refractivity contribution in [1.29, 1.82) is 0 Å². The third-order valence-corrected chi connectivity index (χ3v) is 7.75. The molecule has 0 spiro atoms. The molecule has 1 amide bonds. The lowest BCUT2D eigenvalue weighted by atomic mass is 10.1. The van der Waals surface area contributed by atoms with Crippen LogP contribution in [0.5, 0.6) is 0 Å². The van der Waals surface area contributed by atoms with Gasteiger partial charge in [0.25, 0.3) is 0 Å². The number of halogens is 1. The first kappa shape index (κ1) is 19.8. The Kier molecular flexibility index (Phi) is 5.85. The number of carbonyl (C=O) groups is 2. The zero-order valence-corrected chi connectivity index (χ0v) is 16.0. The summed E-state index contributed by atoms with van der Waals surface area (Å²) in [4.78, 5) is 28.4. The summed E-state index contributed by atoms with van der Waals surface area (Å²) in [5, 5.41) is 8.94. The predicted octanol–water partition coefficient (Wildman–Crippen LogP) is 1.33. The molecule has 0 radical (unpaired) electrons. The molecule has 1 N–H and O–H groups in total. The molecule has 2 heterocycles. The molecule has 2 aliphatic heterocycles. The molecule has 0 unspecified atom stereocenters. The van der Waals surface area contributed by atoms with Crippen molar-refractivity contribution in [2.45, 2.75) is 30.6 Å². The molecule has 0 saturated carbocycles. The number of aliphatic imine (C=N–C) groups is 1. The van der Waals surface area contributed by atoms with Gasteiger partial charge >= 0.3 is 5.97 Å². The van der Waals surface area contributed by atoms with Gasteiger partial charge in [0.1, 0.15) is 5.82 Å². The molecule has 7 nitrogen and oxygen atoms in total. The number of carbonyl (C=O) groups excluding carboxylic acids is 1. The van der Waals surface area contributed by atoms with E-state index in [1.165, 1.54) is 23.9 Å². The first-order valence-corrected chi connectivity index (χ1v) is 11.1. The van der Waals surface area contributed by atoms with Gasteiger partial charge in [-0.15, -0.1) is 0 Å². The number of carboxylic acids is 1. The molecule has 2 aliphatic rings. The number of hydrogen-bond acceptors (Lipinski definition) is 5. The maximum absolute atomic E-state index is 13.0. The van der Waals surface area contributed by atoms with Crippen LogP contribution in [-0.2, 0) is 25.8 Å². The van der Waals surface area contributed by atoms with Crippen molar-refractivity contribution in [2.24, 2.45) is 4.99 Å². The van der Waals surface area contributed by atoms with Gasteiger partial charge in [-0.25, -0.2) is 12.8 Å². The lowest BCUT2D eigenvalue weighted by Gasteiger charge is -2.24. The highest BCUT2D eigenvalue weighted by Gasteiger charge is 2.48. The van der Waals surface area contributed by atoms with Crippen molar-refractivity contribution >= 4 is 38.6 Å². The van der Waals surface area contributed by atoms with E-state index in [1.807, 2.05) is 4.90 Å². The number of rotatable bonds is 6. The van der Waals surface area contributed by atoms with Crippen molar-refractivity contribution in [2.75, 3.05) is 18.1 Å². The molecule has 146 valence electrons. The van der Waals surface area contributed by atoms with E-state index in [-0.39, 0.29) is 41.5 Å². The second kappa shape index (κ2) is 7.97. The van der Waals surface area contributed by atoms with Crippen molar-refractivity contribution in [3.63, 3.8) is 0 Å². The van der Waals surface area contributed by atoms with Crippen LogP contribution in [0.15, 0.2) is 29.3 Å². The summed E-state index contributed by atoms with van der Waals surface area (Å²) in [6, 6.07) is 5.79. The highest BCUT2D eigenvalue weighted by atomic mass is 32.2. The number of aliphatic carboxylic acids is 1. The van der Waals surface area contributed by atoms with Crippen LogP contribution in [0, 0.1) is 5.82 Å². The number of amides is 1. The Balaban J connectivity index is 1.74. The van der Waals surface area contributed by atoms with Crippen molar-refractivity contribution in [1.82, 2.24) is 4.90 Å². The first-order valence-electron chi connectivity index (χ1n) is 8.45. The van der Waals surface area contributed by atoms with E-state index in [0.29, 0.717) is 18.1 Å². The van der Waals surface area contributed by atoms with Gasteiger partial charge in [0.15, 0.2) is 15.0 Å². The molecule has 1 aromatic carbocycles. The van der Waals surface area contributed by atoms with Crippen LogP contribution in [-0.4, -0.2) is 64.8 Å². The van der Waals surface area contributed by atoms with Crippen molar-refractivity contribution < 1.29 is 27.5 Å². The fraction of sp³-hybridized carbons (Fsp3) is 0.471. The molecule has 0 aromatic heterocycles. The lowest BCUT2D eigenvalue weighted by Crippen LogP contribution is -2.39. The number of hydrogen-bond donors (Lipinski definition) is 1. The highest BCUT2D eigenvalue weighted by Crippen LogP contribution is 2.38. The quantitative estimate of drug-likeness (QED) is 0.749. The summed E-state index contributed by atoms with van der Waals surface area (Å²) in [7, 11) is -3.13. The summed E-state index contributed by atoms with van der Waals surface area (Å²) in [5.74, 6) is -1.88. The van der Waals surface area contributed by atoms with Crippen molar-refractivity contribution in [3.8, 4) is 0 Å². The summed E-state index contributed by atoms with van der Waals surface area (Å²) < 4.78 is 37.0. The average Bonchev–Trinajstić information content (AvgIpc) is 3.04. The maximum atomic E-state index is 13.0. The summed E-state index contributed by atoms with van der Waals surface area (Å²) in [6.07, 6.45) is 0.0579. The number of nitrogens with zero attached hydrogens (tertiary/aromatic N) is 2. The number of sulfone groups is 1. The molecule has 0 aliphatic carbocycles. The van der Waals surface area contributed by atoms with E-state index in [4.69, 9.17) is 5.11 Å². The number of benzene rings is 1. The summed E-state index contributed by atoms with van der Waals surface area (Å²) >= 11 is 1.26. The fourth-order valence-electron chi connectivity index (χ4n) is 3.17. The van der Waals surface area contributed by atoms with E-state index < -0.39 is 21.7 Å². The molecule has 2 saturated heterocycles. The molecular weight excluding hydrogens is 395 g/mol. The minimum Gasteiger partial charge on any atom is -0.481 e. The predicted molar refractivity (Wildman–Crippen MR) is 99.9 cm³/mol. The Bertz CT molecular complexity index is 870. The van der Waals surface area contributed by atoms with Gasteiger partial charge < -0.3 is 10.0 Å². The van der Waals surface area contributed by atoms with Crippen LogP contribution in [0.25, 0.3) is 0 Å². The van der Waals surface area contributed by atoms with Gasteiger partial charge in [-0.2, -0.15) is 4.99 Å². The number of fused-ring (bicyclic) bond motifs is 1. The second-order valence-corrected chi connectivity index (χ2v) is 9.91. The molecular formula is C17H19FN2O5S2. The van der Waals surface area contributed by atoms with Crippen LogP contribution >= 0.6 is 11.8 Å². The highest BCUT2D eigenvalue weighted by molar-refractivity contribution is 8.15. The van der Waals surface area contributed by atoms with Gasteiger partial charge in [0.05, 0.1) is 24.0 Å². The molecule has 0 bridgehead atoms. The third kappa shape index (κ3) is 5.07. The first-order chi connectivity index (χ1) is 12.7. The Morgan fingerprint density at radius 3 is 2.59 bits per heavy atom. The van der Waals surface area contributed by atoms with Crippen LogP contribution in [0.2, 0.25) is 0 Å². The molecule has 2 atom stereocenters. The number of amidine groups is 1. The smallest absolute Gasteiger partial charge is 0.303 e. The molecule has 10 heteroatoms. The van der Waals surface area contributed by atoms with Gasteiger partial charge in [0, 0.05) is 18.2 Å². The largest absolute Gasteiger partial charge is 0.481 e. The Labute approximate surface area is 160 Å². The Morgan fingerprint density at radius 1 is 1.22 bits per heavy atom. The standard InChI is InChI=1S/C17H19FN2O5S2/c18-12-3-1-11(2-4-12)7-8-20-13-9-27(24,25)10-14(13)26-17(20)19-15(21)5-6-16(22)23/h1-4,13-14H,5-10H2,(H,22,23)/t13-,14+/m1/s1. The van der Waals surface area contributed by atoms with E-state index in [9.17, 15) is 22.4 Å². The minimum absolute atomic E-state index is 0.0103. The molecule has 27 heavy (non-hydrogen) atoms. The van der Waals surface area contributed by atoms with Crippen LogP contribution in [0.3, 0.4) is 0 Å².